The van der Waals surface area contributed by atoms with Crippen LogP contribution in [0.1, 0.15) is 17.3 Å². The monoisotopic (exact) mass is 271 g/mol. The van der Waals surface area contributed by atoms with Crippen LogP contribution in [0.25, 0.3) is 0 Å². The molecule has 0 saturated carbocycles. The first-order valence-electron chi connectivity index (χ1n) is 4.89. The average Bonchev–Trinajstić information content (AvgIpc) is 2.70. The van der Waals surface area contributed by atoms with E-state index in [1.54, 1.807) is 36.1 Å². The van der Waals surface area contributed by atoms with Gasteiger partial charge in [0.1, 0.15) is 0 Å². The minimum absolute atomic E-state index is 0.351. The number of nitrogens with two attached hydrogens (primary N) is 1. The molecule has 1 aromatic heterocycles. The third-order valence-electron chi connectivity index (χ3n) is 2.50. The molecule has 1 aromatic carbocycles. The summed E-state index contributed by atoms with van der Waals surface area (Å²) < 4.78 is 1.62. The molecule has 0 fully saturated rings. The van der Waals surface area contributed by atoms with Crippen LogP contribution in [0.4, 0.5) is 0 Å². The quantitative estimate of drug-likeness (QED) is 0.658. The first-order chi connectivity index (χ1) is 8.15. The van der Waals surface area contributed by atoms with Gasteiger partial charge in [0, 0.05) is 22.7 Å². The van der Waals surface area contributed by atoms with E-state index >= 15 is 0 Å². The minimum atomic E-state index is -0.351. The molecule has 3 N–H and O–H groups in total. The van der Waals surface area contributed by atoms with Gasteiger partial charge in [0.25, 0.3) is 0 Å². The van der Waals surface area contributed by atoms with Crippen molar-refractivity contribution in [2.24, 2.45) is 12.9 Å². The molecule has 0 bridgehead atoms. The number of hydrogen-bond donors (Lipinski definition) is 2. The summed E-state index contributed by atoms with van der Waals surface area (Å²) in [7, 11) is 1.78. The molecule has 7 heteroatoms. The molecule has 0 amide bonds. The Balaban J connectivity index is 2.53. The van der Waals surface area contributed by atoms with Crippen molar-refractivity contribution in [2.75, 3.05) is 0 Å². The van der Waals surface area contributed by atoms with Gasteiger partial charge in [0.05, 0.1) is 17.9 Å². The van der Waals surface area contributed by atoms with Gasteiger partial charge >= 0.3 is 0 Å². The number of aromatic nitrogens is 3. The van der Waals surface area contributed by atoms with Crippen LogP contribution in [-0.2, 0) is 7.05 Å². The summed E-state index contributed by atoms with van der Waals surface area (Å²) in [5.74, 6) is 5.57. The first kappa shape index (κ1) is 12.3. The molecule has 5 nitrogen and oxygen atoms in total. The molecule has 1 atom stereocenters. The fourth-order valence-corrected chi connectivity index (χ4v) is 2.28. The van der Waals surface area contributed by atoms with Gasteiger partial charge in [0.15, 0.2) is 0 Å². The van der Waals surface area contributed by atoms with Crippen molar-refractivity contribution in [2.45, 2.75) is 6.04 Å². The maximum atomic E-state index is 6.14. The van der Waals surface area contributed by atoms with Crippen LogP contribution in [0, 0.1) is 0 Å². The van der Waals surface area contributed by atoms with Crippen molar-refractivity contribution in [1.29, 1.82) is 0 Å². The summed E-state index contributed by atoms with van der Waals surface area (Å²) in [5.41, 5.74) is 4.17. The van der Waals surface area contributed by atoms with Crippen LogP contribution in [-0.4, -0.2) is 15.0 Å². The van der Waals surface area contributed by atoms with E-state index < -0.39 is 0 Å². The molecule has 0 aliphatic heterocycles. The number of nitrogens with one attached hydrogen (secondary N) is 1. The third kappa shape index (κ3) is 2.28. The molecule has 1 unspecified atom stereocenters. The highest BCUT2D eigenvalue weighted by Crippen LogP contribution is 2.32. The molecular formula is C10H11Cl2N5. The second-order valence-electron chi connectivity index (χ2n) is 3.52. The largest absolute Gasteiger partial charge is 0.271 e. The zero-order valence-electron chi connectivity index (χ0n) is 9.06. The zero-order valence-corrected chi connectivity index (χ0v) is 10.6. The lowest BCUT2D eigenvalue weighted by molar-refractivity contribution is 0.570. The maximum absolute atomic E-state index is 6.14. The normalized spacial score (nSPS) is 12.7. The molecule has 0 radical (unpaired) electrons. The summed E-state index contributed by atoms with van der Waals surface area (Å²) in [5, 5.41) is 8.75. The highest BCUT2D eigenvalue weighted by Gasteiger charge is 2.21. The van der Waals surface area contributed by atoms with Gasteiger partial charge in [-0.2, -0.15) is 0 Å². The average molecular weight is 272 g/mol. The molecule has 0 saturated heterocycles. The summed E-state index contributed by atoms with van der Waals surface area (Å²) in [6.45, 7) is 0. The Morgan fingerprint density at radius 1 is 1.35 bits per heavy atom. The zero-order chi connectivity index (χ0) is 12.4. The van der Waals surface area contributed by atoms with E-state index in [0.29, 0.717) is 15.6 Å². The first-order valence-corrected chi connectivity index (χ1v) is 5.65. The topological polar surface area (TPSA) is 68.8 Å². The minimum Gasteiger partial charge on any atom is -0.271 e. The Kier molecular flexibility index (Phi) is 3.63. The van der Waals surface area contributed by atoms with Gasteiger partial charge in [-0.3, -0.25) is 10.5 Å². The lowest BCUT2D eigenvalue weighted by Crippen LogP contribution is -2.30. The molecule has 1 heterocycles. The van der Waals surface area contributed by atoms with Gasteiger partial charge < -0.3 is 0 Å². The Labute approximate surface area is 108 Å². The number of hydrazine groups is 1. The summed E-state index contributed by atoms with van der Waals surface area (Å²) in [6.07, 6.45) is 1.62. The standard InChI is InChI=1S/C10H11Cl2N5/c1-17-8(5-14-16-17)10(15-13)9-6(11)3-2-4-7(9)12/h2-5,10,15H,13H2,1H3. The van der Waals surface area contributed by atoms with Gasteiger partial charge in [-0.25, -0.2) is 5.43 Å². The van der Waals surface area contributed by atoms with Crippen LogP contribution in [0.5, 0.6) is 0 Å². The molecular weight excluding hydrogens is 261 g/mol. The highest BCUT2D eigenvalue weighted by atomic mass is 35.5. The summed E-state index contributed by atoms with van der Waals surface area (Å²) in [4.78, 5) is 0. The number of hydrogen-bond acceptors (Lipinski definition) is 4. The Hall–Kier alpha value is -1.14. The molecule has 2 aromatic rings. The number of rotatable bonds is 3. The van der Waals surface area contributed by atoms with Crippen molar-refractivity contribution in [3.63, 3.8) is 0 Å². The lowest BCUT2D eigenvalue weighted by atomic mass is 10.0. The smallest absolute Gasteiger partial charge is 0.0923 e. The van der Waals surface area contributed by atoms with Crippen molar-refractivity contribution >= 4 is 23.2 Å². The van der Waals surface area contributed by atoms with Crippen LogP contribution in [0.15, 0.2) is 24.4 Å². The van der Waals surface area contributed by atoms with E-state index in [-0.39, 0.29) is 6.04 Å². The number of nitrogens with zero attached hydrogens (tertiary/aromatic N) is 3. The van der Waals surface area contributed by atoms with Crippen molar-refractivity contribution in [3.8, 4) is 0 Å². The second-order valence-corrected chi connectivity index (χ2v) is 4.33. The SMILES string of the molecule is Cn1nncc1C(NN)c1c(Cl)cccc1Cl. The predicted molar refractivity (Wildman–Crippen MR) is 66.6 cm³/mol. The lowest BCUT2D eigenvalue weighted by Gasteiger charge is -2.18. The fraction of sp³-hybridized carbons (Fsp3) is 0.200. The van der Waals surface area contributed by atoms with E-state index in [4.69, 9.17) is 29.0 Å². The van der Waals surface area contributed by atoms with E-state index in [1.807, 2.05) is 0 Å². The molecule has 2 rings (SSSR count). The summed E-state index contributed by atoms with van der Waals surface area (Å²) in [6, 6.07) is 4.95. The number of halogens is 2. The van der Waals surface area contributed by atoms with Gasteiger partial charge in [-0.05, 0) is 12.1 Å². The van der Waals surface area contributed by atoms with Gasteiger partial charge in [-0.15, -0.1) is 5.10 Å². The fourth-order valence-electron chi connectivity index (χ4n) is 1.66. The van der Waals surface area contributed by atoms with E-state index in [2.05, 4.69) is 15.7 Å². The van der Waals surface area contributed by atoms with Gasteiger partial charge in [-0.1, -0.05) is 34.5 Å². The van der Waals surface area contributed by atoms with Crippen LogP contribution in [0.3, 0.4) is 0 Å². The number of benzene rings is 1. The van der Waals surface area contributed by atoms with E-state index in [9.17, 15) is 0 Å². The maximum Gasteiger partial charge on any atom is 0.0923 e. The Bertz CT molecular complexity index is 505. The molecule has 0 spiro atoms. The van der Waals surface area contributed by atoms with E-state index in [0.717, 1.165) is 5.69 Å². The number of aryl methyl sites for hydroxylation is 1. The molecule has 0 aliphatic rings. The van der Waals surface area contributed by atoms with Crippen LogP contribution < -0.4 is 11.3 Å². The van der Waals surface area contributed by atoms with Crippen LogP contribution in [0.2, 0.25) is 10.0 Å². The Morgan fingerprint density at radius 2 is 2.00 bits per heavy atom. The van der Waals surface area contributed by atoms with Crippen molar-refractivity contribution in [1.82, 2.24) is 20.4 Å². The van der Waals surface area contributed by atoms with Gasteiger partial charge in [0.2, 0.25) is 0 Å². The molecule has 0 aliphatic carbocycles. The highest BCUT2D eigenvalue weighted by molar-refractivity contribution is 6.36. The summed E-state index contributed by atoms with van der Waals surface area (Å²) >= 11 is 12.3. The van der Waals surface area contributed by atoms with Crippen molar-refractivity contribution < 1.29 is 0 Å². The molecule has 90 valence electrons. The molecule has 17 heavy (non-hydrogen) atoms. The Morgan fingerprint density at radius 3 is 2.47 bits per heavy atom. The van der Waals surface area contributed by atoms with Crippen LogP contribution >= 0.6 is 23.2 Å². The second kappa shape index (κ2) is 5.01. The predicted octanol–water partition coefficient (Wildman–Crippen LogP) is 1.67. The third-order valence-corrected chi connectivity index (χ3v) is 3.16. The van der Waals surface area contributed by atoms with Crippen molar-refractivity contribution in [3.05, 3.63) is 45.7 Å². The van der Waals surface area contributed by atoms with E-state index in [1.165, 1.54) is 0 Å².